The summed E-state index contributed by atoms with van der Waals surface area (Å²) >= 11 is 0. The lowest BCUT2D eigenvalue weighted by Crippen LogP contribution is -2.12. The van der Waals surface area contributed by atoms with Crippen LogP contribution in [0.15, 0.2) is 12.2 Å². The van der Waals surface area contributed by atoms with Crippen LogP contribution in [0.3, 0.4) is 0 Å². The normalized spacial score (nSPS) is 17.9. The molecule has 0 amide bonds. The first-order chi connectivity index (χ1) is 8.63. The zero-order valence-corrected chi connectivity index (χ0v) is 9.87. The highest BCUT2D eigenvalue weighted by Crippen LogP contribution is 2.20. The third-order valence-corrected chi connectivity index (χ3v) is 2.62. The van der Waals surface area contributed by atoms with Gasteiger partial charge in [0.25, 0.3) is 0 Å². The van der Waals surface area contributed by atoms with E-state index in [4.69, 9.17) is 16.2 Å². The average Bonchev–Trinajstić information content (AvgIpc) is 2.78. The van der Waals surface area contributed by atoms with Crippen molar-refractivity contribution in [2.75, 3.05) is 11.5 Å². The van der Waals surface area contributed by atoms with Gasteiger partial charge in [-0.3, -0.25) is 4.79 Å². The van der Waals surface area contributed by atoms with E-state index in [1.807, 2.05) is 6.08 Å². The van der Waals surface area contributed by atoms with Crippen LogP contribution in [-0.4, -0.2) is 20.9 Å². The lowest BCUT2D eigenvalue weighted by molar-refractivity contribution is -0.145. The van der Waals surface area contributed by atoms with Crippen LogP contribution in [0.25, 0.3) is 0 Å². The Balaban J connectivity index is 1.83. The van der Waals surface area contributed by atoms with E-state index in [1.165, 1.54) is 0 Å². The quantitative estimate of drug-likeness (QED) is 0.587. The third-order valence-electron chi connectivity index (χ3n) is 2.62. The van der Waals surface area contributed by atoms with Gasteiger partial charge in [0.2, 0.25) is 11.9 Å². The summed E-state index contributed by atoms with van der Waals surface area (Å²) in [6, 6.07) is 0. The van der Waals surface area contributed by atoms with Crippen LogP contribution < -0.4 is 11.5 Å². The van der Waals surface area contributed by atoms with Crippen molar-refractivity contribution in [3.8, 4) is 0 Å². The fourth-order valence-corrected chi connectivity index (χ4v) is 1.80. The molecule has 0 saturated heterocycles. The van der Waals surface area contributed by atoms with Crippen LogP contribution in [0.1, 0.15) is 25.1 Å². The van der Waals surface area contributed by atoms with Crippen molar-refractivity contribution in [1.29, 1.82) is 0 Å². The zero-order chi connectivity index (χ0) is 13.0. The van der Waals surface area contributed by atoms with Gasteiger partial charge in [-0.25, -0.2) is 0 Å². The van der Waals surface area contributed by atoms with E-state index < -0.39 is 0 Å². The predicted octanol–water partition coefficient (Wildman–Crippen LogP) is 0.435. The molecule has 0 spiro atoms. The molecule has 7 heteroatoms. The van der Waals surface area contributed by atoms with Crippen LogP contribution in [-0.2, 0) is 16.1 Å². The maximum Gasteiger partial charge on any atom is 0.306 e. The highest BCUT2D eigenvalue weighted by atomic mass is 16.5. The highest BCUT2D eigenvalue weighted by molar-refractivity contribution is 5.70. The minimum Gasteiger partial charge on any atom is -0.457 e. The lowest BCUT2D eigenvalue weighted by Gasteiger charge is -2.07. The Morgan fingerprint density at radius 3 is 2.67 bits per heavy atom. The molecule has 1 aromatic heterocycles. The number of allylic oxidation sites excluding steroid dienone is 2. The van der Waals surface area contributed by atoms with E-state index in [9.17, 15) is 4.79 Å². The summed E-state index contributed by atoms with van der Waals surface area (Å²) < 4.78 is 5.06. The molecule has 96 valence electrons. The molecule has 0 aromatic carbocycles. The molecule has 0 radical (unpaired) electrons. The molecule has 0 aliphatic heterocycles. The fourth-order valence-electron chi connectivity index (χ4n) is 1.80. The monoisotopic (exact) mass is 249 g/mol. The molecule has 7 nitrogen and oxygen atoms in total. The Morgan fingerprint density at radius 2 is 2.06 bits per heavy atom. The van der Waals surface area contributed by atoms with Gasteiger partial charge in [-0.15, -0.1) is 0 Å². The molecule has 1 aliphatic carbocycles. The van der Waals surface area contributed by atoms with Gasteiger partial charge in [0.1, 0.15) is 0 Å². The van der Waals surface area contributed by atoms with Gasteiger partial charge in [-0.05, 0) is 18.8 Å². The number of ether oxygens (including phenoxy) is 1. The molecule has 0 saturated carbocycles. The fraction of sp³-hybridized carbons (Fsp3) is 0.455. The van der Waals surface area contributed by atoms with Crippen molar-refractivity contribution in [2.24, 2.45) is 5.92 Å². The zero-order valence-electron chi connectivity index (χ0n) is 9.87. The van der Waals surface area contributed by atoms with Crippen molar-refractivity contribution in [1.82, 2.24) is 15.0 Å². The first kappa shape index (κ1) is 12.3. The van der Waals surface area contributed by atoms with Crippen molar-refractivity contribution >= 4 is 17.9 Å². The summed E-state index contributed by atoms with van der Waals surface area (Å²) in [6.45, 7) is -0.0355. The molecule has 2 rings (SSSR count). The van der Waals surface area contributed by atoms with Gasteiger partial charge >= 0.3 is 5.97 Å². The number of nitrogens with two attached hydrogens (primary N) is 2. The Kier molecular flexibility index (Phi) is 3.71. The maximum atomic E-state index is 11.6. The number of aromatic nitrogens is 3. The van der Waals surface area contributed by atoms with E-state index in [1.54, 1.807) is 0 Å². The van der Waals surface area contributed by atoms with Gasteiger partial charge in [0.05, 0.1) is 6.42 Å². The second kappa shape index (κ2) is 5.44. The summed E-state index contributed by atoms with van der Waals surface area (Å²) in [6.07, 6.45) is 6.53. The number of hydrogen-bond acceptors (Lipinski definition) is 7. The molecule has 1 heterocycles. The number of carbonyl (C=O) groups excluding carboxylic acids is 1. The first-order valence-electron chi connectivity index (χ1n) is 5.71. The smallest absolute Gasteiger partial charge is 0.306 e. The lowest BCUT2D eigenvalue weighted by atomic mass is 10.1. The molecule has 18 heavy (non-hydrogen) atoms. The third kappa shape index (κ3) is 3.41. The molecule has 0 unspecified atom stereocenters. The van der Waals surface area contributed by atoms with E-state index in [0.717, 1.165) is 12.8 Å². The number of nitrogens with zero attached hydrogens (tertiary/aromatic N) is 3. The van der Waals surface area contributed by atoms with Gasteiger partial charge < -0.3 is 16.2 Å². The number of anilines is 2. The number of carbonyl (C=O) groups is 1. The second-order valence-corrected chi connectivity index (χ2v) is 4.10. The Labute approximate surface area is 104 Å². The molecule has 1 aromatic rings. The molecular weight excluding hydrogens is 234 g/mol. The summed E-state index contributed by atoms with van der Waals surface area (Å²) in [5.74, 6) is 0.310. The van der Waals surface area contributed by atoms with Crippen LogP contribution in [0.5, 0.6) is 0 Å². The summed E-state index contributed by atoms with van der Waals surface area (Å²) in [5.41, 5.74) is 10.8. The SMILES string of the molecule is Nc1nc(N)nc(COC(=O)C[C@H]2C=CCC2)n1. The van der Waals surface area contributed by atoms with Gasteiger partial charge in [0.15, 0.2) is 12.4 Å². The largest absolute Gasteiger partial charge is 0.457 e. The van der Waals surface area contributed by atoms with Gasteiger partial charge in [-0.2, -0.15) is 15.0 Å². The predicted molar refractivity (Wildman–Crippen MR) is 64.9 cm³/mol. The van der Waals surface area contributed by atoms with E-state index >= 15 is 0 Å². The van der Waals surface area contributed by atoms with Crippen molar-refractivity contribution in [3.05, 3.63) is 18.0 Å². The van der Waals surface area contributed by atoms with Crippen LogP contribution >= 0.6 is 0 Å². The topological polar surface area (TPSA) is 117 Å². The average molecular weight is 249 g/mol. The molecule has 4 N–H and O–H groups in total. The van der Waals surface area contributed by atoms with Crippen molar-refractivity contribution < 1.29 is 9.53 Å². The summed E-state index contributed by atoms with van der Waals surface area (Å²) in [4.78, 5) is 22.8. The Morgan fingerprint density at radius 1 is 1.33 bits per heavy atom. The molecule has 0 bridgehead atoms. The Hall–Kier alpha value is -2.18. The Bertz CT molecular complexity index is 454. The minimum absolute atomic E-state index is 0.0206. The van der Waals surface area contributed by atoms with Crippen LogP contribution in [0.4, 0.5) is 11.9 Å². The first-order valence-corrected chi connectivity index (χ1v) is 5.71. The summed E-state index contributed by atoms with van der Waals surface area (Å²) in [7, 11) is 0. The number of hydrogen-bond donors (Lipinski definition) is 2. The molecule has 1 atom stereocenters. The minimum atomic E-state index is -0.274. The molecular formula is C11H15N5O2. The van der Waals surface area contributed by atoms with Crippen LogP contribution in [0, 0.1) is 5.92 Å². The van der Waals surface area contributed by atoms with Crippen molar-refractivity contribution in [3.63, 3.8) is 0 Å². The standard InChI is InChI=1S/C11H15N5O2/c12-10-14-8(15-11(13)16-10)6-18-9(17)5-7-3-1-2-4-7/h1,3,7H,2,4-6H2,(H4,12,13,14,15,16)/t7-/m0/s1. The number of rotatable bonds is 4. The molecule has 0 fully saturated rings. The highest BCUT2D eigenvalue weighted by Gasteiger charge is 2.15. The molecule has 1 aliphatic rings. The van der Waals surface area contributed by atoms with Crippen molar-refractivity contribution in [2.45, 2.75) is 25.9 Å². The van der Waals surface area contributed by atoms with E-state index in [2.05, 4.69) is 21.0 Å². The van der Waals surface area contributed by atoms with E-state index in [0.29, 0.717) is 6.42 Å². The van der Waals surface area contributed by atoms with E-state index in [-0.39, 0.29) is 36.2 Å². The van der Waals surface area contributed by atoms with Gasteiger partial charge in [-0.1, -0.05) is 12.2 Å². The second-order valence-electron chi connectivity index (χ2n) is 4.10. The number of nitrogen functional groups attached to an aromatic ring is 2. The van der Waals surface area contributed by atoms with Gasteiger partial charge in [0, 0.05) is 0 Å². The summed E-state index contributed by atoms with van der Waals surface area (Å²) in [5, 5.41) is 0. The number of esters is 1. The maximum absolute atomic E-state index is 11.6. The van der Waals surface area contributed by atoms with Crippen LogP contribution in [0.2, 0.25) is 0 Å².